The van der Waals surface area contributed by atoms with Crippen molar-refractivity contribution in [1.29, 1.82) is 0 Å². The molecule has 1 aliphatic rings. The van der Waals surface area contributed by atoms with Gasteiger partial charge in [0.15, 0.2) is 6.39 Å². The van der Waals surface area contributed by atoms with E-state index < -0.39 is 12.1 Å². The number of alkyl halides is 3. The predicted octanol–water partition coefficient (Wildman–Crippen LogP) is 3.25. The molecule has 1 heterocycles. The van der Waals surface area contributed by atoms with Gasteiger partial charge in [-0.1, -0.05) is 0 Å². The Labute approximate surface area is 122 Å². The van der Waals surface area contributed by atoms with Crippen LogP contribution in [0.4, 0.5) is 13.2 Å². The number of rotatable bonds is 6. The minimum Gasteiger partial charge on any atom is -0.448 e. The zero-order valence-electron chi connectivity index (χ0n) is 12.1. The van der Waals surface area contributed by atoms with Crippen molar-refractivity contribution < 1.29 is 22.3 Å². The highest BCUT2D eigenvalue weighted by Crippen LogP contribution is 2.43. The third kappa shape index (κ3) is 4.44. The topological polar surface area (TPSA) is 47.3 Å². The quantitative estimate of drug-likeness (QED) is 0.820. The van der Waals surface area contributed by atoms with Crippen molar-refractivity contribution in [2.75, 3.05) is 20.3 Å². The number of halogens is 3. The number of hydrogen-bond donors (Lipinski definition) is 1. The molecule has 0 atom stereocenters. The van der Waals surface area contributed by atoms with Crippen LogP contribution in [0.2, 0.25) is 0 Å². The molecule has 0 unspecified atom stereocenters. The summed E-state index contributed by atoms with van der Waals surface area (Å²) < 4.78 is 48.4. The zero-order chi connectivity index (χ0) is 15.3. The molecule has 1 N–H and O–H groups in total. The van der Waals surface area contributed by atoms with Crippen LogP contribution in [0.3, 0.4) is 0 Å². The highest BCUT2D eigenvalue weighted by Gasteiger charge is 2.42. The minimum absolute atomic E-state index is 0.0466. The molecule has 0 aliphatic heterocycles. The van der Waals surface area contributed by atoms with Gasteiger partial charge in [-0.25, -0.2) is 4.98 Å². The van der Waals surface area contributed by atoms with E-state index in [2.05, 4.69) is 10.3 Å². The number of aromatic nitrogens is 1. The molecule has 120 valence electrons. The van der Waals surface area contributed by atoms with Gasteiger partial charge >= 0.3 is 6.18 Å². The second-order valence-corrected chi connectivity index (χ2v) is 5.42. The summed E-state index contributed by atoms with van der Waals surface area (Å²) in [5.41, 5.74) is 0.793. The van der Waals surface area contributed by atoms with E-state index in [9.17, 15) is 13.2 Å². The van der Waals surface area contributed by atoms with Gasteiger partial charge in [0.25, 0.3) is 0 Å². The molecule has 21 heavy (non-hydrogen) atoms. The van der Waals surface area contributed by atoms with Crippen LogP contribution < -0.4 is 5.32 Å². The molecular weight excluding hydrogens is 285 g/mol. The van der Waals surface area contributed by atoms with Crippen molar-refractivity contribution in [2.45, 2.75) is 44.3 Å². The highest BCUT2D eigenvalue weighted by molar-refractivity contribution is 5.13. The zero-order valence-corrected chi connectivity index (χ0v) is 12.1. The van der Waals surface area contributed by atoms with E-state index in [1.807, 2.05) is 0 Å². The summed E-state index contributed by atoms with van der Waals surface area (Å²) in [6.07, 6.45) is -1.35. The molecule has 0 radical (unpaired) electrons. The third-order valence-corrected chi connectivity index (χ3v) is 4.01. The molecule has 1 fully saturated rings. The van der Waals surface area contributed by atoms with Gasteiger partial charge in [0.1, 0.15) is 5.76 Å². The smallest absolute Gasteiger partial charge is 0.391 e. The molecule has 0 bridgehead atoms. The molecule has 0 saturated heterocycles. The molecule has 1 aromatic rings. The maximum absolute atomic E-state index is 12.7. The first-order valence-corrected chi connectivity index (χ1v) is 7.21. The van der Waals surface area contributed by atoms with Gasteiger partial charge in [0.2, 0.25) is 0 Å². The van der Waals surface area contributed by atoms with Crippen LogP contribution in [0.25, 0.3) is 0 Å². The molecule has 2 rings (SSSR count). The molecule has 1 saturated carbocycles. The van der Waals surface area contributed by atoms with Gasteiger partial charge in [0, 0.05) is 26.1 Å². The molecule has 0 amide bonds. The molecule has 0 spiro atoms. The van der Waals surface area contributed by atoms with Gasteiger partial charge in [-0.2, -0.15) is 13.2 Å². The van der Waals surface area contributed by atoms with E-state index in [-0.39, 0.29) is 18.8 Å². The minimum atomic E-state index is -4.07. The van der Waals surface area contributed by atoms with E-state index in [1.54, 1.807) is 7.11 Å². The average Bonchev–Trinajstić information content (AvgIpc) is 2.91. The standard InChI is InChI=1S/C14H21F3N2O2/c1-20-7-6-18-8-12-13(21-9-19-12)10-2-4-11(5-3-10)14(15,16)17/h9-11,18H,2-8H2,1H3. The fourth-order valence-corrected chi connectivity index (χ4v) is 2.81. The first-order chi connectivity index (χ1) is 10.0. The fourth-order valence-electron chi connectivity index (χ4n) is 2.81. The number of nitrogens with zero attached hydrogens (tertiary/aromatic N) is 1. The normalized spacial score (nSPS) is 23.4. The number of oxazole rings is 1. The monoisotopic (exact) mass is 306 g/mol. The molecule has 1 aliphatic carbocycles. The van der Waals surface area contributed by atoms with Crippen molar-refractivity contribution in [1.82, 2.24) is 10.3 Å². The number of methoxy groups -OCH3 is 1. The molecule has 7 heteroatoms. The van der Waals surface area contributed by atoms with Gasteiger partial charge in [-0.05, 0) is 25.7 Å². The van der Waals surface area contributed by atoms with Crippen molar-refractivity contribution >= 4 is 0 Å². The van der Waals surface area contributed by atoms with Crippen molar-refractivity contribution in [3.63, 3.8) is 0 Å². The Morgan fingerprint density at radius 1 is 1.33 bits per heavy atom. The Morgan fingerprint density at radius 3 is 2.67 bits per heavy atom. The maximum Gasteiger partial charge on any atom is 0.391 e. The average molecular weight is 306 g/mol. The summed E-state index contributed by atoms with van der Waals surface area (Å²) in [4.78, 5) is 4.16. The second kappa shape index (κ2) is 7.26. The third-order valence-electron chi connectivity index (χ3n) is 4.01. The SMILES string of the molecule is COCCNCc1ncoc1C1CCC(C(F)(F)F)CC1. The van der Waals surface area contributed by atoms with Crippen molar-refractivity contribution in [3.8, 4) is 0 Å². The molecular formula is C14H21F3N2O2. The van der Waals surface area contributed by atoms with Crippen LogP contribution in [0.15, 0.2) is 10.8 Å². The maximum atomic E-state index is 12.7. The fraction of sp³-hybridized carbons (Fsp3) is 0.786. The number of hydrogen-bond acceptors (Lipinski definition) is 4. The van der Waals surface area contributed by atoms with Crippen LogP contribution >= 0.6 is 0 Å². The first kappa shape index (κ1) is 16.3. The predicted molar refractivity (Wildman–Crippen MR) is 70.8 cm³/mol. The first-order valence-electron chi connectivity index (χ1n) is 7.21. The Bertz CT molecular complexity index is 426. The van der Waals surface area contributed by atoms with E-state index in [1.165, 1.54) is 6.39 Å². The molecule has 0 aromatic carbocycles. The molecule has 4 nitrogen and oxygen atoms in total. The lowest BCUT2D eigenvalue weighted by atomic mass is 9.80. The van der Waals surface area contributed by atoms with Gasteiger partial charge in [0.05, 0.1) is 18.2 Å². The molecule has 1 aromatic heterocycles. The van der Waals surface area contributed by atoms with E-state index in [0.29, 0.717) is 32.5 Å². The Hall–Kier alpha value is -1.08. The summed E-state index contributed by atoms with van der Waals surface area (Å²) in [5, 5.41) is 3.17. The van der Waals surface area contributed by atoms with Crippen molar-refractivity contribution in [2.24, 2.45) is 5.92 Å². The number of ether oxygens (including phenoxy) is 1. The highest BCUT2D eigenvalue weighted by atomic mass is 19.4. The summed E-state index contributed by atoms with van der Waals surface area (Å²) in [6, 6.07) is 0. The lowest BCUT2D eigenvalue weighted by molar-refractivity contribution is -0.182. The van der Waals surface area contributed by atoms with Gasteiger partial charge in [-0.15, -0.1) is 0 Å². The largest absolute Gasteiger partial charge is 0.448 e. The van der Waals surface area contributed by atoms with Crippen molar-refractivity contribution in [3.05, 3.63) is 17.8 Å². The van der Waals surface area contributed by atoms with Gasteiger partial charge in [-0.3, -0.25) is 0 Å². The number of nitrogens with one attached hydrogen (secondary N) is 1. The summed E-state index contributed by atoms with van der Waals surface area (Å²) >= 11 is 0. The Kier molecular flexibility index (Phi) is 5.64. The summed E-state index contributed by atoms with van der Waals surface area (Å²) in [7, 11) is 1.63. The van der Waals surface area contributed by atoms with Crippen LogP contribution in [0, 0.1) is 5.92 Å². The van der Waals surface area contributed by atoms with Crippen LogP contribution in [-0.4, -0.2) is 31.4 Å². The Morgan fingerprint density at radius 2 is 2.05 bits per heavy atom. The lowest BCUT2D eigenvalue weighted by Gasteiger charge is -2.29. The Balaban J connectivity index is 1.87. The van der Waals surface area contributed by atoms with E-state index in [0.717, 1.165) is 11.5 Å². The van der Waals surface area contributed by atoms with E-state index in [4.69, 9.17) is 9.15 Å². The lowest BCUT2D eigenvalue weighted by Crippen LogP contribution is -2.27. The summed E-state index contributed by atoms with van der Waals surface area (Å²) in [5.74, 6) is -0.384. The van der Waals surface area contributed by atoms with Crippen LogP contribution in [0.1, 0.15) is 43.1 Å². The van der Waals surface area contributed by atoms with Crippen LogP contribution in [-0.2, 0) is 11.3 Å². The van der Waals surface area contributed by atoms with E-state index >= 15 is 0 Å². The summed E-state index contributed by atoms with van der Waals surface area (Å²) in [6.45, 7) is 1.85. The van der Waals surface area contributed by atoms with Crippen LogP contribution in [0.5, 0.6) is 0 Å². The van der Waals surface area contributed by atoms with Gasteiger partial charge < -0.3 is 14.5 Å². The second-order valence-electron chi connectivity index (χ2n) is 5.42.